The van der Waals surface area contributed by atoms with Gasteiger partial charge in [-0.2, -0.15) is 0 Å². The van der Waals surface area contributed by atoms with Crippen LogP contribution in [0.5, 0.6) is 0 Å². The molecule has 0 fully saturated rings. The quantitative estimate of drug-likeness (QED) is 0.598. The molecular formula is C7H15NO3. The van der Waals surface area contributed by atoms with E-state index in [0.29, 0.717) is 0 Å². The molecule has 0 bridgehead atoms. The van der Waals surface area contributed by atoms with E-state index in [1.165, 1.54) is 0 Å². The van der Waals surface area contributed by atoms with Crippen LogP contribution in [-0.2, 0) is 4.79 Å². The summed E-state index contributed by atoms with van der Waals surface area (Å²) in [7, 11) is 1.68. The van der Waals surface area contributed by atoms with Crippen LogP contribution in [0.15, 0.2) is 0 Å². The highest BCUT2D eigenvalue weighted by molar-refractivity contribution is 5.73. The van der Waals surface area contributed by atoms with E-state index in [2.05, 4.69) is 0 Å². The van der Waals surface area contributed by atoms with E-state index < -0.39 is 12.0 Å². The van der Waals surface area contributed by atoms with E-state index in [-0.39, 0.29) is 12.6 Å². The van der Waals surface area contributed by atoms with Crippen molar-refractivity contribution < 1.29 is 15.0 Å². The van der Waals surface area contributed by atoms with Crippen molar-refractivity contribution in [3.63, 3.8) is 0 Å². The number of aliphatic carboxylic acids is 1. The average molecular weight is 161 g/mol. The fourth-order valence-corrected chi connectivity index (χ4v) is 0.741. The average Bonchev–Trinajstić information content (AvgIpc) is 1.88. The summed E-state index contributed by atoms with van der Waals surface area (Å²) in [6, 6.07) is -0.654. The monoisotopic (exact) mass is 161 g/mol. The Hall–Kier alpha value is -0.610. The zero-order valence-corrected chi connectivity index (χ0v) is 7.11. The zero-order valence-electron chi connectivity index (χ0n) is 7.11. The zero-order chi connectivity index (χ0) is 9.02. The van der Waals surface area contributed by atoms with E-state index in [1.54, 1.807) is 11.9 Å². The lowest BCUT2D eigenvalue weighted by molar-refractivity contribution is -0.144. The van der Waals surface area contributed by atoms with Crippen LogP contribution in [0.25, 0.3) is 0 Å². The van der Waals surface area contributed by atoms with Gasteiger partial charge in [0.2, 0.25) is 0 Å². The number of carbonyl (C=O) groups is 1. The summed E-state index contributed by atoms with van der Waals surface area (Å²) in [5.41, 5.74) is 0. The molecule has 0 aromatic heterocycles. The smallest absolute Gasteiger partial charge is 0.323 e. The highest BCUT2D eigenvalue weighted by atomic mass is 16.4. The third-order valence-electron chi connectivity index (χ3n) is 1.76. The molecule has 0 saturated heterocycles. The van der Waals surface area contributed by atoms with Crippen LogP contribution in [0.1, 0.15) is 13.8 Å². The molecule has 0 amide bonds. The first-order chi connectivity index (χ1) is 5.00. The fraction of sp³-hybridized carbons (Fsp3) is 0.857. The number of nitrogens with zero attached hydrogens (tertiary/aromatic N) is 1. The SMILES string of the molecule is CC(C)N(C)[C@@H](CO)C(=O)O. The number of aliphatic hydroxyl groups is 1. The number of carboxylic acid groups (broad SMARTS) is 1. The molecule has 0 spiro atoms. The Morgan fingerprint density at radius 2 is 2.00 bits per heavy atom. The molecule has 2 N–H and O–H groups in total. The Balaban J connectivity index is 4.14. The molecule has 66 valence electrons. The van der Waals surface area contributed by atoms with Crippen LogP contribution in [0.2, 0.25) is 0 Å². The van der Waals surface area contributed by atoms with Gasteiger partial charge in [-0.3, -0.25) is 9.69 Å². The van der Waals surface area contributed by atoms with Gasteiger partial charge < -0.3 is 10.2 Å². The molecule has 0 unspecified atom stereocenters. The van der Waals surface area contributed by atoms with Crippen LogP contribution in [-0.4, -0.2) is 46.8 Å². The molecule has 0 aromatic carbocycles. The van der Waals surface area contributed by atoms with Gasteiger partial charge in [-0.25, -0.2) is 0 Å². The van der Waals surface area contributed by atoms with Gasteiger partial charge in [0.15, 0.2) is 0 Å². The van der Waals surface area contributed by atoms with E-state index in [4.69, 9.17) is 10.2 Å². The third kappa shape index (κ3) is 2.86. The van der Waals surface area contributed by atoms with Crippen LogP contribution in [0, 0.1) is 0 Å². The number of hydrogen-bond donors (Lipinski definition) is 2. The molecule has 4 heteroatoms. The molecule has 0 rings (SSSR count). The Morgan fingerprint density at radius 1 is 1.55 bits per heavy atom. The van der Waals surface area contributed by atoms with Crippen molar-refractivity contribution >= 4 is 5.97 Å². The van der Waals surface area contributed by atoms with Gasteiger partial charge in [0.25, 0.3) is 0 Å². The largest absolute Gasteiger partial charge is 0.480 e. The maximum atomic E-state index is 10.5. The molecule has 0 aliphatic heterocycles. The van der Waals surface area contributed by atoms with Crippen LogP contribution >= 0.6 is 0 Å². The van der Waals surface area contributed by atoms with Crippen molar-refractivity contribution in [2.75, 3.05) is 13.7 Å². The van der Waals surface area contributed by atoms with Crippen molar-refractivity contribution in [3.05, 3.63) is 0 Å². The molecule has 0 aromatic rings. The van der Waals surface area contributed by atoms with Gasteiger partial charge in [0.05, 0.1) is 6.61 Å². The van der Waals surface area contributed by atoms with E-state index in [9.17, 15) is 4.79 Å². The van der Waals surface area contributed by atoms with Crippen molar-refractivity contribution in [2.45, 2.75) is 25.9 Å². The highest BCUT2D eigenvalue weighted by Crippen LogP contribution is 2.01. The molecule has 0 saturated carbocycles. The Kier molecular flexibility index (Phi) is 4.07. The minimum Gasteiger partial charge on any atom is -0.480 e. The maximum absolute atomic E-state index is 10.5. The van der Waals surface area contributed by atoms with Gasteiger partial charge in [-0.05, 0) is 20.9 Å². The second-order valence-corrected chi connectivity index (χ2v) is 2.80. The Bertz CT molecular complexity index is 136. The number of aliphatic hydroxyl groups excluding tert-OH is 1. The first kappa shape index (κ1) is 10.4. The molecule has 0 aliphatic rings. The summed E-state index contributed by atoms with van der Waals surface area (Å²) in [5.74, 6) is -0.983. The highest BCUT2D eigenvalue weighted by Gasteiger charge is 2.22. The molecule has 0 aliphatic carbocycles. The summed E-state index contributed by atoms with van der Waals surface area (Å²) in [5, 5.41) is 17.3. The van der Waals surface area contributed by atoms with Gasteiger partial charge in [-0.1, -0.05) is 0 Å². The minimum atomic E-state index is -0.983. The van der Waals surface area contributed by atoms with Crippen LogP contribution < -0.4 is 0 Å². The Labute approximate surface area is 66.4 Å². The van der Waals surface area contributed by atoms with Gasteiger partial charge in [0, 0.05) is 6.04 Å². The number of hydrogen-bond acceptors (Lipinski definition) is 3. The standard InChI is InChI=1S/C7H15NO3/c1-5(2)8(3)6(4-9)7(10)11/h5-6,9H,4H2,1-3H3,(H,10,11)/t6-/m0/s1. The maximum Gasteiger partial charge on any atom is 0.323 e. The first-order valence-electron chi connectivity index (χ1n) is 3.56. The van der Waals surface area contributed by atoms with Crippen molar-refractivity contribution in [1.29, 1.82) is 0 Å². The van der Waals surface area contributed by atoms with E-state index >= 15 is 0 Å². The lowest BCUT2D eigenvalue weighted by atomic mass is 10.2. The van der Waals surface area contributed by atoms with E-state index in [1.807, 2.05) is 13.8 Å². The van der Waals surface area contributed by atoms with Crippen LogP contribution in [0.4, 0.5) is 0 Å². The molecule has 4 nitrogen and oxygen atoms in total. The molecule has 0 radical (unpaired) electrons. The number of carboxylic acids is 1. The van der Waals surface area contributed by atoms with Crippen molar-refractivity contribution in [1.82, 2.24) is 4.90 Å². The summed E-state index contributed by atoms with van der Waals surface area (Å²) in [4.78, 5) is 12.1. The summed E-state index contributed by atoms with van der Waals surface area (Å²) in [6.07, 6.45) is 0. The summed E-state index contributed by atoms with van der Waals surface area (Å²) in [6.45, 7) is 3.42. The third-order valence-corrected chi connectivity index (χ3v) is 1.76. The molecule has 1 atom stereocenters. The number of rotatable bonds is 4. The second kappa shape index (κ2) is 4.31. The predicted octanol–water partition coefficient (Wildman–Crippen LogP) is -0.228. The van der Waals surface area contributed by atoms with Crippen molar-refractivity contribution in [2.24, 2.45) is 0 Å². The number of likely N-dealkylation sites (N-methyl/N-ethyl adjacent to an activating group) is 1. The lowest BCUT2D eigenvalue weighted by Crippen LogP contribution is -2.44. The Morgan fingerprint density at radius 3 is 2.09 bits per heavy atom. The summed E-state index contributed by atoms with van der Waals surface area (Å²) >= 11 is 0. The second-order valence-electron chi connectivity index (χ2n) is 2.80. The minimum absolute atomic E-state index is 0.128. The van der Waals surface area contributed by atoms with Gasteiger partial charge >= 0.3 is 5.97 Å². The normalized spacial score (nSPS) is 14.0. The van der Waals surface area contributed by atoms with Gasteiger partial charge in [-0.15, -0.1) is 0 Å². The van der Waals surface area contributed by atoms with E-state index in [0.717, 1.165) is 0 Å². The topological polar surface area (TPSA) is 60.8 Å². The van der Waals surface area contributed by atoms with Crippen molar-refractivity contribution in [3.8, 4) is 0 Å². The molecular weight excluding hydrogens is 146 g/mol. The molecule has 11 heavy (non-hydrogen) atoms. The van der Waals surface area contributed by atoms with Crippen LogP contribution in [0.3, 0.4) is 0 Å². The van der Waals surface area contributed by atoms with Gasteiger partial charge in [0.1, 0.15) is 6.04 Å². The first-order valence-corrected chi connectivity index (χ1v) is 3.56. The predicted molar refractivity (Wildman–Crippen MR) is 41.4 cm³/mol. The summed E-state index contributed by atoms with van der Waals surface area (Å²) < 4.78 is 0. The lowest BCUT2D eigenvalue weighted by Gasteiger charge is -2.26. The molecule has 0 heterocycles. The fourth-order valence-electron chi connectivity index (χ4n) is 0.741.